The summed E-state index contributed by atoms with van der Waals surface area (Å²) in [6.45, 7) is 2.33. The van der Waals surface area contributed by atoms with Crippen LogP contribution >= 0.6 is 11.3 Å². The first kappa shape index (κ1) is 9.92. The number of para-hydroxylation sites is 1. The first-order valence-corrected chi connectivity index (χ1v) is 5.44. The quantitative estimate of drug-likeness (QED) is 0.797. The molecule has 5 heteroatoms. The van der Waals surface area contributed by atoms with E-state index in [1.807, 2.05) is 25.1 Å². The minimum atomic E-state index is -0.361. The van der Waals surface area contributed by atoms with Crippen molar-refractivity contribution in [1.29, 1.82) is 0 Å². The number of nitrogens with one attached hydrogen (secondary N) is 1. The second kappa shape index (κ2) is 3.86. The zero-order chi connectivity index (χ0) is 10.8. The smallest absolute Gasteiger partial charge is 0.329 e. The zero-order valence-electron chi connectivity index (χ0n) is 8.19. The number of thiazole rings is 1. The molecule has 78 valence electrons. The molecular weight excluding hydrogens is 212 g/mol. The molecule has 0 fully saturated rings. The Morgan fingerprint density at radius 1 is 1.47 bits per heavy atom. The maximum atomic E-state index is 11.6. The van der Waals surface area contributed by atoms with Gasteiger partial charge in [0.05, 0.1) is 10.2 Å². The molecule has 2 rings (SSSR count). The van der Waals surface area contributed by atoms with E-state index >= 15 is 0 Å². The number of hydrogen-bond donors (Lipinski definition) is 1. The number of carbonyl (C=O) groups excluding carboxylic acids is 1. The number of amides is 1. The summed E-state index contributed by atoms with van der Waals surface area (Å²) in [5.41, 5.74) is 0.665. The van der Waals surface area contributed by atoms with Gasteiger partial charge in [-0.1, -0.05) is 23.5 Å². The van der Waals surface area contributed by atoms with Crippen molar-refractivity contribution in [3.8, 4) is 0 Å². The predicted octanol–water partition coefficient (Wildman–Crippen LogP) is 1.64. The van der Waals surface area contributed by atoms with Crippen LogP contribution in [0.5, 0.6) is 0 Å². The Balaban J connectivity index is 2.64. The van der Waals surface area contributed by atoms with Crippen molar-refractivity contribution < 1.29 is 4.79 Å². The fourth-order valence-corrected chi connectivity index (χ4v) is 2.26. The molecule has 0 radical (unpaired) electrons. The molecule has 1 aromatic heterocycles. The van der Waals surface area contributed by atoms with Gasteiger partial charge in [0.15, 0.2) is 0 Å². The number of aromatic nitrogens is 1. The van der Waals surface area contributed by atoms with Crippen molar-refractivity contribution in [1.82, 2.24) is 9.88 Å². The van der Waals surface area contributed by atoms with Crippen molar-refractivity contribution in [2.75, 3.05) is 6.54 Å². The molecule has 0 saturated carbocycles. The van der Waals surface area contributed by atoms with E-state index in [4.69, 9.17) is 0 Å². The van der Waals surface area contributed by atoms with Gasteiger partial charge in [0.1, 0.15) is 0 Å². The molecule has 0 aliphatic carbocycles. The van der Waals surface area contributed by atoms with E-state index in [0.29, 0.717) is 12.1 Å². The third-order valence-electron chi connectivity index (χ3n) is 2.02. The number of carbonyl (C=O) groups is 1. The van der Waals surface area contributed by atoms with Crippen LogP contribution in [0.3, 0.4) is 0 Å². The van der Waals surface area contributed by atoms with Gasteiger partial charge in [-0.05, 0) is 19.1 Å². The molecule has 1 amide bonds. The monoisotopic (exact) mass is 222 g/mol. The van der Waals surface area contributed by atoms with Crippen LogP contribution in [-0.2, 0) is 0 Å². The molecule has 0 spiro atoms. The highest BCUT2D eigenvalue weighted by Crippen LogP contribution is 2.15. The summed E-state index contributed by atoms with van der Waals surface area (Å²) in [5.74, 6) is 0. The van der Waals surface area contributed by atoms with Crippen LogP contribution in [-0.4, -0.2) is 17.1 Å². The third kappa shape index (κ3) is 1.66. The van der Waals surface area contributed by atoms with Crippen LogP contribution in [0.4, 0.5) is 4.79 Å². The van der Waals surface area contributed by atoms with Gasteiger partial charge in [0, 0.05) is 6.54 Å². The second-order valence-electron chi connectivity index (χ2n) is 3.01. The molecule has 1 aromatic carbocycles. The van der Waals surface area contributed by atoms with E-state index in [1.54, 1.807) is 6.07 Å². The molecule has 1 N–H and O–H groups in total. The molecule has 4 nitrogen and oxygen atoms in total. The lowest BCUT2D eigenvalue weighted by Crippen LogP contribution is -2.33. The summed E-state index contributed by atoms with van der Waals surface area (Å²) in [7, 11) is 0. The Labute approximate surface area is 90.2 Å². The van der Waals surface area contributed by atoms with Crippen LogP contribution in [0.1, 0.15) is 6.92 Å². The minimum absolute atomic E-state index is 0.248. The van der Waals surface area contributed by atoms with E-state index in [1.165, 1.54) is 4.57 Å². The van der Waals surface area contributed by atoms with E-state index in [2.05, 4.69) is 5.32 Å². The van der Waals surface area contributed by atoms with Crippen LogP contribution in [0.25, 0.3) is 10.2 Å². The molecule has 0 unspecified atom stereocenters. The van der Waals surface area contributed by atoms with Gasteiger partial charge in [-0.25, -0.2) is 9.36 Å². The number of fused-ring (bicyclic) bond motifs is 1. The maximum absolute atomic E-state index is 11.6. The first-order chi connectivity index (χ1) is 7.24. The SMILES string of the molecule is CCNC(=O)n1c(=O)sc2ccccc21. The van der Waals surface area contributed by atoms with Crippen molar-refractivity contribution in [3.05, 3.63) is 33.9 Å². The molecule has 15 heavy (non-hydrogen) atoms. The van der Waals surface area contributed by atoms with Crippen molar-refractivity contribution in [2.24, 2.45) is 0 Å². The summed E-state index contributed by atoms with van der Waals surface area (Å²) in [5, 5.41) is 2.61. The number of nitrogens with zero attached hydrogens (tertiary/aromatic N) is 1. The normalized spacial score (nSPS) is 10.5. The average molecular weight is 222 g/mol. The highest BCUT2D eigenvalue weighted by molar-refractivity contribution is 7.16. The largest absolute Gasteiger partial charge is 0.338 e. The lowest BCUT2D eigenvalue weighted by atomic mass is 10.3. The fourth-order valence-electron chi connectivity index (χ4n) is 1.39. The van der Waals surface area contributed by atoms with Crippen molar-refractivity contribution in [3.63, 3.8) is 0 Å². The summed E-state index contributed by atoms with van der Waals surface area (Å²) < 4.78 is 2.00. The van der Waals surface area contributed by atoms with Gasteiger partial charge in [0.25, 0.3) is 0 Å². The van der Waals surface area contributed by atoms with E-state index in [9.17, 15) is 9.59 Å². The van der Waals surface area contributed by atoms with Gasteiger partial charge >= 0.3 is 10.9 Å². The van der Waals surface area contributed by atoms with Crippen molar-refractivity contribution in [2.45, 2.75) is 6.92 Å². The average Bonchev–Trinajstić information content (AvgIpc) is 2.54. The van der Waals surface area contributed by atoms with Crippen LogP contribution in [0, 0.1) is 0 Å². The van der Waals surface area contributed by atoms with Gasteiger partial charge < -0.3 is 5.32 Å². The molecule has 0 atom stereocenters. The lowest BCUT2D eigenvalue weighted by molar-refractivity contribution is 0.243. The molecule has 1 heterocycles. The Hall–Kier alpha value is -1.62. The van der Waals surface area contributed by atoms with Gasteiger partial charge in [0.2, 0.25) is 0 Å². The Bertz CT molecular complexity index is 556. The molecule has 0 bridgehead atoms. The van der Waals surface area contributed by atoms with Crippen LogP contribution in [0.2, 0.25) is 0 Å². The minimum Gasteiger partial charge on any atom is -0.338 e. The number of rotatable bonds is 1. The summed E-state index contributed by atoms with van der Waals surface area (Å²) in [6.07, 6.45) is 0. The third-order valence-corrected chi connectivity index (χ3v) is 2.94. The fraction of sp³-hybridized carbons (Fsp3) is 0.200. The first-order valence-electron chi connectivity index (χ1n) is 4.63. The highest BCUT2D eigenvalue weighted by Gasteiger charge is 2.12. The van der Waals surface area contributed by atoms with Crippen LogP contribution < -0.4 is 10.2 Å². The molecule has 0 aliphatic rings. The Morgan fingerprint density at radius 3 is 2.93 bits per heavy atom. The second-order valence-corrected chi connectivity index (χ2v) is 4.00. The maximum Gasteiger partial charge on any atom is 0.329 e. The standard InChI is InChI=1S/C10H10N2O2S/c1-2-11-9(13)12-7-5-3-4-6-8(7)15-10(12)14/h3-6H,2H2,1H3,(H,11,13). The summed E-state index contributed by atoms with van der Waals surface area (Å²) in [4.78, 5) is 22.9. The number of hydrogen-bond acceptors (Lipinski definition) is 3. The van der Waals surface area contributed by atoms with E-state index in [0.717, 1.165) is 16.0 Å². The Morgan fingerprint density at radius 2 is 2.20 bits per heavy atom. The number of benzene rings is 1. The van der Waals surface area contributed by atoms with Gasteiger partial charge in [-0.3, -0.25) is 4.79 Å². The lowest BCUT2D eigenvalue weighted by Gasteiger charge is -2.02. The molecule has 2 aromatic rings. The molecule has 0 saturated heterocycles. The summed E-state index contributed by atoms with van der Waals surface area (Å²) in [6, 6.07) is 6.89. The zero-order valence-corrected chi connectivity index (χ0v) is 9.00. The van der Waals surface area contributed by atoms with Gasteiger partial charge in [-0.15, -0.1) is 0 Å². The Kier molecular flexibility index (Phi) is 2.55. The van der Waals surface area contributed by atoms with E-state index < -0.39 is 0 Å². The molecule has 0 aliphatic heterocycles. The predicted molar refractivity (Wildman–Crippen MR) is 60.6 cm³/mol. The topological polar surface area (TPSA) is 51.1 Å². The molecular formula is C10H10N2O2S. The van der Waals surface area contributed by atoms with Crippen LogP contribution in [0.15, 0.2) is 29.1 Å². The van der Waals surface area contributed by atoms with Crippen molar-refractivity contribution >= 4 is 27.6 Å². The highest BCUT2D eigenvalue weighted by atomic mass is 32.1. The summed E-state index contributed by atoms with van der Waals surface area (Å²) >= 11 is 1.08. The van der Waals surface area contributed by atoms with E-state index in [-0.39, 0.29) is 10.9 Å². The van der Waals surface area contributed by atoms with Gasteiger partial charge in [-0.2, -0.15) is 0 Å².